The number of carbonyl (C=O) groups is 1. The van der Waals surface area contributed by atoms with E-state index in [4.69, 9.17) is 9.47 Å². The van der Waals surface area contributed by atoms with E-state index in [-0.39, 0.29) is 11.9 Å². The van der Waals surface area contributed by atoms with Gasteiger partial charge in [-0.25, -0.2) is 0 Å². The maximum atomic E-state index is 12.9. The Hall–Kier alpha value is -3.28. The maximum absolute atomic E-state index is 12.9. The summed E-state index contributed by atoms with van der Waals surface area (Å²) in [5.41, 5.74) is 4.46. The van der Waals surface area contributed by atoms with Crippen molar-refractivity contribution in [1.29, 1.82) is 0 Å². The molecule has 2 N–H and O–H groups in total. The smallest absolute Gasteiger partial charge is 0.255 e. The quantitative estimate of drug-likeness (QED) is 0.727. The zero-order chi connectivity index (χ0) is 18.8. The van der Waals surface area contributed by atoms with Crippen LogP contribution in [0.1, 0.15) is 33.9 Å². The number of hydrogen-bond donors (Lipinski definition) is 2. The molecule has 0 bridgehead atoms. The number of nitrogens with one attached hydrogen (secondary N) is 2. The van der Waals surface area contributed by atoms with Gasteiger partial charge in [-0.3, -0.25) is 9.89 Å². The second-order valence-corrected chi connectivity index (χ2v) is 6.49. The number of aromatic nitrogens is 2. The number of ether oxygens (including phenoxy) is 2. The number of rotatable bonds is 5. The Morgan fingerprint density at radius 3 is 2.78 bits per heavy atom. The molecule has 27 heavy (non-hydrogen) atoms. The molecule has 4 rings (SSSR count). The van der Waals surface area contributed by atoms with Crippen molar-refractivity contribution in [3.05, 3.63) is 65.4 Å². The molecule has 1 heterocycles. The number of aromatic amines is 1. The van der Waals surface area contributed by atoms with E-state index in [1.54, 1.807) is 20.4 Å². The summed E-state index contributed by atoms with van der Waals surface area (Å²) in [4.78, 5) is 12.9. The van der Waals surface area contributed by atoms with Crippen LogP contribution in [0.25, 0.3) is 11.3 Å². The van der Waals surface area contributed by atoms with Crippen LogP contribution < -0.4 is 14.8 Å². The molecule has 0 fully saturated rings. The third-order valence-electron chi connectivity index (χ3n) is 4.99. The number of aryl methyl sites for hydroxylation is 1. The number of nitrogens with zero attached hydrogens (tertiary/aromatic N) is 1. The van der Waals surface area contributed by atoms with Gasteiger partial charge in [0.1, 0.15) is 0 Å². The molecule has 3 aromatic rings. The first-order chi connectivity index (χ1) is 13.2. The zero-order valence-corrected chi connectivity index (χ0v) is 15.3. The molecule has 0 saturated heterocycles. The maximum Gasteiger partial charge on any atom is 0.255 e. The summed E-state index contributed by atoms with van der Waals surface area (Å²) in [5.74, 6) is 1.09. The molecule has 0 aliphatic heterocycles. The van der Waals surface area contributed by atoms with Crippen LogP contribution in [-0.2, 0) is 6.42 Å². The van der Waals surface area contributed by atoms with Crippen LogP contribution in [0, 0.1) is 0 Å². The Bertz CT molecular complexity index is 980. The Kier molecular flexibility index (Phi) is 4.54. The second kappa shape index (κ2) is 7.15. The van der Waals surface area contributed by atoms with Crippen molar-refractivity contribution >= 4 is 5.91 Å². The summed E-state index contributed by atoms with van der Waals surface area (Å²) in [7, 11) is 3.17. The number of benzene rings is 2. The Morgan fingerprint density at radius 1 is 1.15 bits per heavy atom. The van der Waals surface area contributed by atoms with Gasteiger partial charge in [-0.15, -0.1) is 0 Å². The summed E-state index contributed by atoms with van der Waals surface area (Å²) < 4.78 is 10.6. The number of H-pyrrole nitrogens is 1. The highest BCUT2D eigenvalue weighted by molar-refractivity contribution is 6.00. The second-order valence-electron chi connectivity index (χ2n) is 6.49. The molecule has 0 radical (unpaired) electrons. The van der Waals surface area contributed by atoms with Crippen LogP contribution in [-0.4, -0.2) is 30.3 Å². The zero-order valence-electron chi connectivity index (χ0n) is 15.3. The first-order valence-electron chi connectivity index (χ1n) is 8.85. The van der Waals surface area contributed by atoms with Gasteiger partial charge in [0.25, 0.3) is 5.91 Å². The summed E-state index contributed by atoms with van der Waals surface area (Å²) in [5, 5.41) is 10.2. The van der Waals surface area contributed by atoms with Gasteiger partial charge in [-0.2, -0.15) is 5.10 Å². The molecule has 138 valence electrons. The van der Waals surface area contributed by atoms with E-state index in [0.717, 1.165) is 18.4 Å². The van der Waals surface area contributed by atoms with E-state index >= 15 is 0 Å². The van der Waals surface area contributed by atoms with Crippen LogP contribution in [0.15, 0.2) is 48.7 Å². The molecule has 1 unspecified atom stereocenters. The Balaban J connectivity index is 1.60. The standard InChI is InChI=1S/C21H21N3O3/c1-26-18-10-8-14(11-19(18)27-2)20-16(12-22-24-20)21(25)23-17-9-7-13-5-3-4-6-15(13)17/h3-6,8,10-12,17H,7,9H2,1-2H3,(H,22,24)(H,23,25). The van der Waals surface area contributed by atoms with Gasteiger partial charge in [-0.05, 0) is 42.2 Å². The minimum Gasteiger partial charge on any atom is -0.493 e. The molecule has 1 aromatic heterocycles. The Labute approximate surface area is 157 Å². The van der Waals surface area contributed by atoms with Crippen molar-refractivity contribution in [2.75, 3.05) is 14.2 Å². The lowest BCUT2D eigenvalue weighted by Crippen LogP contribution is -2.27. The number of fused-ring (bicyclic) bond motifs is 1. The lowest BCUT2D eigenvalue weighted by molar-refractivity contribution is 0.0937. The van der Waals surface area contributed by atoms with Crippen molar-refractivity contribution in [1.82, 2.24) is 15.5 Å². The number of methoxy groups -OCH3 is 2. The average molecular weight is 363 g/mol. The van der Waals surface area contributed by atoms with Gasteiger partial charge in [0.15, 0.2) is 11.5 Å². The van der Waals surface area contributed by atoms with Crippen molar-refractivity contribution < 1.29 is 14.3 Å². The summed E-state index contributed by atoms with van der Waals surface area (Å²) >= 11 is 0. The fourth-order valence-corrected chi connectivity index (χ4v) is 3.61. The van der Waals surface area contributed by atoms with Crippen molar-refractivity contribution in [3.63, 3.8) is 0 Å². The van der Waals surface area contributed by atoms with E-state index < -0.39 is 0 Å². The van der Waals surface area contributed by atoms with Crippen LogP contribution in [0.2, 0.25) is 0 Å². The SMILES string of the molecule is COc1ccc(-c2[nH]ncc2C(=O)NC2CCc3ccccc32)cc1OC. The average Bonchev–Trinajstić information content (AvgIpc) is 3.35. The van der Waals surface area contributed by atoms with Crippen LogP contribution >= 0.6 is 0 Å². The fraction of sp³-hybridized carbons (Fsp3) is 0.238. The highest BCUT2D eigenvalue weighted by Gasteiger charge is 2.25. The molecule has 1 atom stereocenters. The Morgan fingerprint density at radius 2 is 1.96 bits per heavy atom. The summed E-state index contributed by atoms with van der Waals surface area (Å²) in [6.45, 7) is 0. The molecule has 1 aliphatic rings. The van der Waals surface area contributed by atoms with Gasteiger partial charge in [0.05, 0.1) is 37.7 Å². The number of amides is 1. The lowest BCUT2D eigenvalue weighted by atomic mass is 10.1. The molecule has 6 heteroatoms. The van der Waals surface area contributed by atoms with Gasteiger partial charge >= 0.3 is 0 Å². The minimum atomic E-state index is -0.143. The van der Waals surface area contributed by atoms with Crippen molar-refractivity contribution in [2.24, 2.45) is 0 Å². The predicted octanol–water partition coefficient (Wildman–Crippen LogP) is 3.51. The molecule has 0 spiro atoms. The lowest BCUT2D eigenvalue weighted by Gasteiger charge is -2.14. The van der Waals surface area contributed by atoms with E-state index in [0.29, 0.717) is 22.8 Å². The monoisotopic (exact) mass is 363 g/mol. The van der Waals surface area contributed by atoms with Crippen LogP contribution in [0.4, 0.5) is 0 Å². The van der Waals surface area contributed by atoms with Crippen molar-refractivity contribution in [3.8, 4) is 22.8 Å². The van der Waals surface area contributed by atoms with E-state index in [2.05, 4.69) is 27.6 Å². The van der Waals surface area contributed by atoms with E-state index in [1.807, 2.05) is 30.3 Å². The highest BCUT2D eigenvalue weighted by atomic mass is 16.5. The topological polar surface area (TPSA) is 76.2 Å². The molecule has 1 amide bonds. The summed E-state index contributed by atoms with van der Waals surface area (Å²) in [6, 6.07) is 13.8. The van der Waals surface area contributed by atoms with Gasteiger partial charge in [-0.1, -0.05) is 24.3 Å². The van der Waals surface area contributed by atoms with Crippen LogP contribution in [0.3, 0.4) is 0 Å². The normalized spacial score (nSPS) is 15.3. The van der Waals surface area contributed by atoms with Crippen LogP contribution in [0.5, 0.6) is 11.5 Å². The molecule has 0 saturated carbocycles. The molecular weight excluding hydrogens is 342 g/mol. The van der Waals surface area contributed by atoms with E-state index in [9.17, 15) is 4.79 Å². The van der Waals surface area contributed by atoms with E-state index in [1.165, 1.54) is 11.1 Å². The highest BCUT2D eigenvalue weighted by Crippen LogP contribution is 2.34. The minimum absolute atomic E-state index is 0.0295. The molecule has 6 nitrogen and oxygen atoms in total. The third kappa shape index (κ3) is 3.14. The molecule has 1 aliphatic carbocycles. The van der Waals surface area contributed by atoms with Gasteiger partial charge < -0.3 is 14.8 Å². The number of carbonyl (C=O) groups excluding carboxylic acids is 1. The number of hydrogen-bond acceptors (Lipinski definition) is 4. The van der Waals surface area contributed by atoms with Gasteiger partial charge in [0, 0.05) is 5.56 Å². The predicted molar refractivity (Wildman–Crippen MR) is 102 cm³/mol. The largest absolute Gasteiger partial charge is 0.493 e. The first kappa shape index (κ1) is 17.1. The van der Waals surface area contributed by atoms with Gasteiger partial charge in [0.2, 0.25) is 0 Å². The summed E-state index contributed by atoms with van der Waals surface area (Å²) in [6.07, 6.45) is 3.45. The van der Waals surface area contributed by atoms with Crippen molar-refractivity contribution in [2.45, 2.75) is 18.9 Å². The third-order valence-corrected chi connectivity index (χ3v) is 4.99. The first-order valence-corrected chi connectivity index (χ1v) is 8.85. The molecule has 2 aromatic carbocycles. The molecular formula is C21H21N3O3. The fourth-order valence-electron chi connectivity index (χ4n) is 3.61.